The van der Waals surface area contributed by atoms with Gasteiger partial charge in [-0.2, -0.15) is 0 Å². The lowest BCUT2D eigenvalue weighted by Crippen LogP contribution is -2.08. The van der Waals surface area contributed by atoms with Gasteiger partial charge >= 0.3 is 5.97 Å². The van der Waals surface area contributed by atoms with E-state index in [1.807, 2.05) is 43.3 Å². The molecule has 0 saturated heterocycles. The van der Waals surface area contributed by atoms with Crippen molar-refractivity contribution in [1.82, 2.24) is 0 Å². The maximum Gasteiger partial charge on any atom is 0.363 e. The number of cyclic esters (lactones) is 1. The van der Waals surface area contributed by atoms with Crippen LogP contribution >= 0.6 is 15.9 Å². The molecule has 0 aromatic heterocycles. The van der Waals surface area contributed by atoms with Crippen LogP contribution in [-0.2, 0) is 9.53 Å². The number of carbonyl (C=O) groups is 1. The van der Waals surface area contributed by atoms with Crippen LogP contribution in [0.1, 0.15) is 11.1 Å². The van der Waals surface area contributed by atoms with E-state index in [2.05, 4.69) is 20.9 Å². The minimum absolute atomic E-state index is 0.277. The average Bonchev–Trinajstić information content (AvgIpc) is 2.96. The highest BCUT2D eigenvalue weighted by Gasteiger charge is 2.24. The minimum atomic E-state index is -0.460. The van der Waals surface area contributed by atoms with Gasteiger partial charge in [-0.1, -0.05) is 12.1 Å². The number of rotatable bonds is 4. The highest BCUT2D eigenvalue weighted by Crippen LogP contribution is 2.28. The van der Waals surface area contributed by atoms with Gasteiger partial charge in [-0.25, -0.2) is 9.79 Å². The van der Waals surface area contributed by atoms with E-state index in [9.17, 15) is 4.79 Å². The standard InChI is InChI=1S/C19H17BrN2O3/c1-22(2)14-7-4-12(5-8-14)10-16-19(23)25-18(21-16)13-6-9-17(24-3)15(20)11-13/h4-11H,1-3H3. The van der Waals surface area contributed by atoms with Gasteiger partial charge in [-0.3, -0.25) is 0 Å². The van der Waals surface area contributed by atoms with E-state index in [0.717, 1.165) is 15.7 Å². The Kier molecular flexibility index (Phi) is 4.90. The van der Waals surface area contributed by atoms with Gasteiger partial charge in [0, 0.05) is 25.3 Å². The molecule has 0 radical (unpaired) electrons. The van der Waals surface area contributed by atoms with Crippen LogP contribution in [0.2, 0.25) is 0 Å². The Labute approximate surface area is 154 Å². The van der Waals surface area contributed by atoms with Gasteiger partial charge in [0.15, 0.2) is 5.70 Å². The first-order chi connectivity index (χ1) is 12.0. The Morgan fingerprint density at radius 3 is 2.48 bits per heavy atom. The highest BCUT2D eigenvalue weighted by molar-refractivity contribution is 9.10. The van der Waals surface area contributed by atoms with Crippen LogP contribution in [-0.4, -0.2) is 33.1 Å². The summed E-state index contributed by atoms with van der Waals surface area (Å²) >= 11 is 3.42. The number of halogens is 1. The Balaban J connectivity index is 1.88. The zero-order valence-electron chi connectivity index (χ0n) is 14.1. The van der Waals surface area contributed by atoms with Crippen LogP contribution in [0.4, 0.5) is 5.69 Å². The second-order valence-electron chi connectivity index (χ2n) is 5.67. The third-order valence-corrected chi connectivity index (χ3v) is 4.35. The summed E-state index contributed by atoms with van der Waals surface area (Å²) in [5, 5.41) is 0. The van der Waals surface area contributed by atoms with Crippen molar-refractivity contribution in [3.63, 3.8) is 0 Å². The monoisotopic (exact) mass is 400 g/mol. The number of hydrogen-bond donors (Lipinski definition) is 0. The summed E-state index contributed by atoms with van der Waals surface area (Å²) in [5.74, 6) is 0.522. The van der Waals surface area contributed by atoms with Gasteiger partial charge in [0.25, 0.3) is 0 Å². The first-order valence-corrected chi connectivity index (χ1v) is 8.41. The zero-order valence-corrected chi connectivity index (χ0v) is 15.7. The Hall–Kier alpha value is -2.60. The summed E-state index contributed by atoms with van der Waals surface area (Å²) < 4.78 is 11.3. The molecular weight excluding hydrogens is 384 g/mol. The minimum Gasteiger partial charge on any atom is -0.496 e. The first kappa shape index (κ1) is 17.2. The van der Waals surface area contributed by atoms with Crippen molar-refractivity contribution in [2.24, 2.45) is 4.99 Å². The molecule has 0 N–H and O–H groups in total. The van der Waals surface area contributed by atoms with Gasteiger partial charge in [0.1, 0.15) is 5.75 Å². The van der Waals surface area contributed by atoms with Crippen LogP contribution in [0, 0.1) is 0 Å². The second-order valence-corrected chi connectivity index (χ2v) is 6.53. The maximum absolute atomic E-state index is 12.1. The lowest BCUT2D eigenvalue weighted by atomic mass is 10.1. The Bertz CT molecular complexity index is 871. The normalized spacial score (nSPS) is 15.1. The van der Waals surface area contributed by atoms with Crippen molar-refractivity contribution in [3.8, 4) is 5.75 Å². The molecule has 0 spiro atoms. The fourth-order valence-corrected chi connectivity index (χ4v) is 2.90. The molecule has 5 nitrogen and oxygen atoms in total. The number of nitrogens with zero attached hydrogens (tertiary/aromatic N) is 2. The summed E-state index contributed by atoms with van der Waals surface area (Å²) in [4.78, 5) is 18.4. The molecule has 0 bridgehead atoms. The summed E-state index contributed by atoms with van der Waals surface area (Å²) in [6, 6.07) is 13.2. The van der Waals surface area contributed by atoms with Gasteiger partial charge in [0.05, 0.1) is 11.6 Å². The van der Waals surface area contributed by atoms with E-state index in [1.54, 1.807) is 31.4 Å². The second kappa shape index (κ2) is 7.11. The zero-order chi connectivity index (χ0) is 18.0. The number of aliphatic imine (C=N–C) groups is 1. The molecule has 128 valence electrons. The summed E-state index contributed by atoms with van der Waals surface area (Å²) in [6.45, 7) is 0. The van der Waals surface area contributed by atoms with Crippen molar-refractivity contribution in [2.75, 3.05) is 26.1 Å². The fourth-order valence-electron chi connectivity index (χ4n) is 2.36. The molecule has 0 atom stereocenters. The molecule has 0 fully saturated rings. The van der Waals surface area contributed by atoms with Crippen molar-refractivity contribution in [1.29, 1.82) is 0 Å². The SMILES string of the molecule is COc1ccc(C2=NC(=Cc3ccc(N(C)C)cc3)C(=O)O2)cc1Br. The van der Waals surface area contributed by atoms with Gasteiger partial charge in [-0.15, -0.1) is 0 Å². The molecule has 1 aliphatic heterocycles. The molecule has 0 aliphatic carbocycles. The van der Waals surface area contributed by atoms with E-state index < -0.39 is 5.97 Å². The number of esters is 1. The quantitative estimate of drug-likeness (QED) is 0.577. The van der Waals surface area contributed by atoms with Gasteiger partial charge in [-0.05, 0) is 57.9 Å². The average molecular weight is 401 g/mol. The fraction of sp³-hybridized carbons (Fsp3) is 0.158. The molecule has 0 amide bonds. The molecule has 6 heteroatoms. The predicted molar refractivity (Wildman–Crippen MR) is 102 cm³/mol. The van der Waals surface area contributed by atoms with Crippen LogP contribution in [0.5, 0.6) is 5.75 Å². The number of benzene rings is 2. The lowest BCUT2D eigenvalue weighted by Gasteiger charge is -2.11. The lowest BCUT2D eigenvalue weighted by molar-refractivity contribution is -0.129. The van der Waals surface area contributed by atoms with Crippen molar-refractivity contribution in [2.45, 2.75) is 0 Å². The van der Waals surface area contributed by atoms with Crippen molar-refractivity contribution < 1.29 is 14.3 Å². The number of methoxy groups -OCH3 is 1. The molecular formula is C19H17BrN2O3. The number of anilines is 1. The molecule has 1 aliphatic rings. The topological polar surface area (TPSA) is 51.1 Å². The molecule has 25 heavy (non-hydrogen) atoms. The molecule has 1 heterocycles. The van der Waals surface area contributed by atoms with Crippen LogP contribution in [0.3, 0.4) is 0 Å². The molecule has 0 saturated carbocycles. The third-order valence-electron chi connectivity index (χ3n) is 3.73. The smallest absolute Gasteiger partial charge is 0.363 e. The van der Waals surface area contributed by atoms with Crippen LogP contribution < -0.4 is 9.64 Å². The van der Waals surface area contributed by atoms with E-state index in [4.69, 9.17) is 9.47 Å². The Morgan fingerprint density at radius 1 is 1.16 bits per heavy atom. The van der Waals surface area contributed by atoms with Crippen LogP contribution in [0.15, 0.2) is 57.6 Å². The maximum atomic E-state index is 12.1. The first-order valence-electron chi connectivity index (χ1n) is 7.62. The van der Waals surface area contributed by atoms with Crippen LogP contribution in [0.25, 0.3) is 6.08 Å². The third kappa shape index (κ3) is 3.74. The summed E-state index contributed by atoms with van der Waals surface area (Å²) in [7, 11) is 5.55. The van der Waals surface area contributed by atoms with Gasteiger partial charge < -0.3 is 14.4 Å². The van der Waals surface area contributed by atoms with Gasteiger partial charge in [0.2, 0.25) is 5.90 Å². The molecule has 2 aromatic rings. The summed E-state index contributed by atoms with van der Waals surface area (Å²) in [6.07, 6.45) is 1.72. The van der Waals surface area contributed by atoms with E-state index >= 15 is 0 Å². The number of hydrogen-bond acceptors (Lipinski definition) is 5. The molecule has 0 unspecified atom stereocenters. The molecule has 2 aromatic carbocycles. The van der Waals surface area contributed by atoms with E-state index in [0.29, 0.717) is 11.3 Å². The summed E-state index contributed by atoms with van der Waals surface area (Å²) in [5.41, 5.74) is 2.95. The highest BCUT2D eigenvalue weighted by atomic mass is 79.9. The van der Waals surface area contributed by atoms with E-state index in [1.165, 1.54) is 0 Å². The largest absolute Gasteiger partial charge is 0.496 e. The number of ether oxygens (including phenoxy) is 2. The van der Waals surface area contributed by atoms with E-state index in [-0.39, 0.29) is 11.6 Å². The predicted octanol–water partition coefficient (Wildman–Crippen LogP) is 3.87. The van der Waals surface area contributed by atoms with Crippen molar-refractivity contribution >= 4 is 39.6 Å². The number of carbonyl (C=O) groups excluding carboxylic acids is 1. The Morgan fingerprint density at radius 2 is 1.88 bits per heavy atom. The molecule has 3 rings (SSSR count). The van der Waals surface area contributed by atoms with Crippen molar-refractivity contribution in [3.05, 3.63) is 63.8 Å².